The standard InChI is InChI=1S/C25H27NO4/c1-29-19-10-11-22(23(16-19)30-2)24(26-14-12-18(13-15-26)25(27)28)21-9-5-7-17-6-3-4-8-20(17)21/h3-11,16,18,24H,12-15H2,1-2H3,(H,27,28). The molecule has 0 bridgehead atoms. The molecule has 4 rings (SSSR count). The van der Waals surface area contributed by atoms with Crippen molar-refractivity contribution in [1.29, 1.82) is 0 Å². The second kappa shape index (κ2) is 8.76. The van der Waals surface area contributed by atoms with Gasteiger partial charge >= 0.3 is 5.97 Å². The van der Waals surface area contributed by atoms with Crippen molar-refractivity contribution in [2.45, 2.75) is 18.9 Å². The summed E-state index contributed by atoms with van der Waals surface area (Å²) in [5, 5.41) is 11.8. The third kappa shape index (κ3) is 3.85. The zero-order chi connectivity index (χ0) is 21.1. The normalized spacial score (nSPS) is 16.3. The molecule has 30 heavy (non-hydrogen) atoms. The van der Waals surface area contributed by atoms with E-state index in [0.29, 0.717) is 12.8 Å². The first-order valence-electron chi connectivity index (χ1n) is 10.3. The number of nitrogens with zero attached hydrogens (tertiary/aromatic N) is 1. The molecule has 1 aliphatic rings. The number of likely N-dealkylation sites (tertiary alicyclic amines) is 1. The molecule has 1 atom stereocenters. The van der Waals surface area contributed by atoms with Gasteiger partial charge in [0.15, 0.2) is 0 Å². The van der Waals surface area contributed by atoms with E-state index >= 15 is 0 Å². The van der Waals surface area contributed by atoms with E-state index in [1.54, 1.807) is 14.2 Å². The number of hydrogen-bond acceptors (Lipinski definition) is 4. The van der Waals surface area contributed by atoms with E-state index in [0.717, 1.165) is 30.2 Å². The number of fused-ring (bicyclic) bond motifs is 1. The van der Waals surface area contributed by atoms with Gasteiger partial charge in [0.2, 0.25) is 0 Å². The molecule has 3 aromatic carbocycles. The van der Waals surface area contributed by atoms with Crippen LogP contribution < -0.4 is 9.47 Å². The lowest BCUT2D eigenvalue weighted by molar-refractivity contribution is -0.143. The second-order valence-corrected chi connectivity index (χ2v) is 7.73. The van der Waals surface area contributed by atoms with Crippen LogP contribution in [0.4, 0.5) is 0 Å². The molecule has 3 aromatic rings. The van der Waals surface area contributed by atoms with Crippen LogP contribution in [0.3, 0.4) is 0 Å². The minimum absolute atomic E-state index is 0.0355. The van der Waals surface area contributed by atoms with Crippen molar-refractivity contribution in [3.05, 3.63) is 71.8 Å². The molecule has 0 aliphatic carbocycles. The van der Waals surface area contributed by atoms with Crippen molar-refractivity contribution < 1.29 is 19.4 Å². The maximum Gasteiger partial charge on any atom is 0.306 e. The van der Waals surface area contributed by atoms with Crippen molar-refractivity contribution in [2.24, 2.45) is 5.92 Å². The van der Waals surface area contributed by atoms with Gasteiger partial charge < -0.3 is 14.6 Å². The summed E-state index contributed by atoms with van der Waals surface area (Å²) in [4.78, 5) is 13.8. The molecule has 1 saturated heterocycles. The molecular formula is C25H27NO4. The number of piperidine rings is 1. The average Bonchev–Trinajstić information content (AvgIpc) is 2.80. The highest BCUT2D eigenvalue weighted by Gasteiger charge is 2.32. The van der Waals surface area contributed by atoms with Gasteiger partial charge in [-0.2, -0.15) is 0 Å². The van der Waals surface area contributed by atoms with Gasteiger partial charge in [-0.15, -0.1) is 0 Å². The van der Waals surface area contributed by atoms with Gasteiger partial charge in [0.1, 0.15) is 11.5 Å². The first-order valence-corrected chi connectivity index (χ1v) is 10.3. The van der Waals surface area contributed by atoms with Crippen LogP contribution in [0, 0.1) is 5.92 Å². The fourth-order valence-electron chi connectivity index (χ4n) is 4.50. The molecule has 5 nitrogen and oxygen atoms in total. The van der Waals surface area contributed by atoms with E-state index in [2.05, 4.69) is 47.4 Å². The molecule has 1 heterocycles. The number of carbonyl (C=O) groups is 1. The Morgan fingerprint density at radius 1 is 0.967 bits per heavy atom. The SMILES string of the molecule is COc1ccc(C(c2cccc3ccccc23)N2CCC(C(=O)O)CC2)c(OC)c1. The van der Waals surface area contributed by atoms with Crippen molar-refractivity contribution in [3.8, 4) is 11.5 Å². The van der Waals surface area contributed by atoms with Crippen LogP contribution in [0.25, 0.3) is 10.8 Å². The van der Waals surface area contributed by atoms with Gasteiger partial charge in [-0.1, -0.05) is 42.5 Å². The van der Waals surface area contributed by atoms with Gasteiger partial charge in [0.05, 0.1) is 26.2 Å². The smallest absolute Gasteiger partial charge is 0.306 e. The average molecular weight is 405 g/mol. The Hall–Kier alpha value is -3.05. The maximum absolute atomic E-state index is 11.5. The predicted molar refractivity (Wildman–Crippen MR) is 117 cm³/mol. The minimum atomic E-state index is -0.696. The fraction of sp³-hybridized carbons (Fsp3) is 0.320. The van der Waals surface area contributed by atoms with Gasteiger partial charge in [0.25, 0.3) is 0 Å². The molecule has 0 radical (unpaired) electrons. The first-order chi connectivity index (χ1) is 14.6. The van der Waals surface area contributed by atoms with Crippen LogP contribution in [0.5, 0.6) is 11.5 Å². The lowest BCUT2D eigenvalue weighted by atomic mass is 9.88. The Balaban J connectivity index is 1.83. The quantitative estimate of drug-likeness (QED) is 0.642. The molecule has 0 saturated carbocycles. The molecular weight excluding hydrogens is 378 g/mol. The Labute approximate surface area is 176 Å². The highest BCUT2D eigenvalue weighted by molar-refractivity contribution is 5.86. The second-order valence-electron chi connectivity index (χ2n) is 7.73. The van der Waals surface area contributed by atoms with Crippen molar-refractivity contribution in [1.82, 2.24) is 4.90 Å². The highest BCUT2D eigenvalue weighted by Crippen LogP contribution is 2.41. The molecule has 156 valence electrons. The van der Waals surface area contributed by atoms with E-state index in [1.807, 2.05) is 18.2 Å². The molecule has 1 fully saturated rings. The molecule has 0 spiro atoms. The van der Waals surface area contributed by atoms with E-state index < -0.39 is 5.97 Å². The van der Waals surface area contributed by atoms with E-state index in [-0.39, 0.29) is 12.0 Å². The van der Waals surface area contributed by atoms with Crippen LogP contribution in [0.1, 0.15) is 30.0 Å². The molecule has 1 N–H and O–H groups in total. The number of methoxy groups -OCH3 is 2. The summed E-state index contributed by atoms with van der Waals surface area (Å²) in [7, 11) is 3.32. The third-order valence-corrected chi connectivity index (χ3v) is 6.10. The monoisotopic (exact) mass is 405 g/mol. The molecule has 0 amide bonds. The number of carboxylic acids is 1. The van der Waals surface area contributed by atoms with Crippen LogP contribution in [0.2, 0.25) is 0 Å². The predicted octanol–water partition coefficient (Wildman–Crippen LogP) is 4.74. The van der Waals surface area contributed by atoms with Crippen LogP contribution >= 0.6 is 0 Å². The van der Waals surface area contributed by atoms with Gasteiger partial charge in [-0.3, -0.25) is 9.69 Å². The number of carboxylic acid groups (broad SMARTS) is 1. The van der Waals surface area contributed by atoms with Crippen molar-refractivity contribution >= 4 is 16.7 Å². The summed E-state index contributed by atoms with van der Waals surface area (Å²) >= 11 is 0. The number of hydrogen-bond donors (Lipinski definition) is 1. The summed E-state index contributed by atoms with van der Waals surface area (Å²) < 4.78 is 11.1. The molecule has 1 aliphatic heterocycles. The zero-order valence-corrected chi connectivity index (χ0v) is 17.4. The number of benzene rings is 3. The summed E-state index contributed by atoms with van der Waals surface area (Å²) in [6.45, 7) is 1.44. The number of rotatable bonds is 6. The Morgan fingerprint density at radius 2 is 1.70 bits per heavy atom. The maximum atomic E-state index is 11.5. The first kappa shape index (κ1) is 20.2. The van der Waals surface area contributed by atoms with Crippen LogP contribution in [-0.2, 0) is 4.79 Å². The Kier molecular flexibility index (Phi) is 5.91. The van der Waals surface area contributed by atoms with Crippen molar-refractivity contribution in [3.63, 3.8) is 0 Å². The molecule has 5 heteroatoms. The fourth-order valence-corrected chi connectivity index (χ4v) is 4.50. The zero-order valence-electron chi connectivity index (χ0n) is 17.4. The van der Waals surface area contributed by atoms with Crippen molar-refractivity contribution in [2.75, 3.05) is 27.3 Å². The largest absolute Gasteiger partial charge is 0.497 e. The van der Waals surface area contributed by atoms with Gasteiger partial charge in [-0.25, -0.2) is 0 Å². The third-order valence-electron chi connectivity index (χ3n) is 6.10. The van der Waals surface area contributed by atoms with Crippen LogP contribution in [0.15, 0.2) is 60.7 Å². The lowest BCUT2D eigenvalue weighted by Crippen LogP contribution is -2.39. The summed E-state index contributed by atoms with van der Waals surface area (Å²) in [5.41, 5.74) is 2.26. The number of aliphatic carboxylic acids is 1. The Bertz CT molecular complexity index is 1040. The van der Waals surface area contributed by atoms with Gasteiger partial charge in [0, 0.05) is 11.6 Å². The lowest BCUT2D eigenvalue weighted by Gasteiger charge is -2.38. The Morgan fingerprint density at radius 3 is 2.40 bits per heavy atom. The summed E-state index contributed by atoms with van der Waals surface area (Å²) in [6.07, 6.45) is 1.30. The van der Waals surface area contributed by atoms with E-state index in [1.165, 1.54) is 16.3 Å². The van der Waals surface area contributed by atoms with E-state index in [9.17, 15) is 9.90 Å². The van der Waals surface area contributed by atoms with Gasteiger partial charge in [-0.05, 0) is 54.4 Å². The van der Waals surface area contributed by atoms with E-state index in [4.69, 9.17) is 9.47 Å². The highest BCUT2D eigenvalue weighted by atomic mass is 16.5. The minimum Gasteiger partial charge on any atom is -0.497 e. The number of ether oxygens (including phenoxy) is 2. The summed E-state index contributed by atoms with van der Waals surface area (Å²) in [5.74, 6) is 0.551. The summed E-state index contributed by atoms with van der Waals surface area (Å²) in [6, 6.07) is 20.7. The topological polar surface area (TPSA) is 59.0 Å². The molecule has 0 aromatic heterocycles. The van der Waals surface area contributed by atoms with Crippen LogP contribution in [-0.4, -0.2) is 43.3 Å². The molecule has 1 unspecified atom stereocenters.